The summed E-state index contributed by atoms with van der Waals surface area (Å²) in [5, 5.41) is 0. The molecule has 0 amide bonds. The van der Waals surface area contributed by atoms with Gasteiger partial charge in [-0.3, -0.25) is 0 Å². The maximum absolute atomic E-state index is 5.13. The highest BCUT2D eigenvalue weighted by Gasteiger charge is 2.10. The summed E-state index contributed by atoms with van der Waals surface area (Å²) in [6.07, 6.45) is 0.245. The van der Waals surface area contributed by atoms with Crippen LogP contribution in [0.2, 0.25) is 0 Å². The third-order valence-electron chi connectivity index (χ3n) is 1.38. The molecule has 1 atom stereocenters. The van der Waals surface area contributed by atoms with E-state index in [4.69, 9.17) is 9.47 Å². The molecule has 0 aromatic heterocycles. The Morgan fingerprint density at radius 3 is 1.64 bits per heavy atom. The fourth-order valence-corrected chi connectivity index (χ4v) is 0.697. The van der Waals surface area contributed by atoms with Gasteiger partial charge in [0.25, 0.3) is 0 Å². The van der Waals surface area contributed by atoms with E-state index in [9.17, 15) is 0 Å². The van der Waals surface area contributed by atoms with Gasteiger partial charge in [-0.05, 0) is 5.92 Å². The lowest BCUT2D eigenvalue weighted by molar-refractivity contribution is 0.00122. The fraction of sp³-hybridized carbons (Fsp3) is 1.00. The molecule has 11 heavy (non-hydrogen) atoms. The second kappa shape index (κ2) is 9.92. The first kappa shape index (κ1) is 13.5. The van der Waals surface area contributed by atoms with Crippen molar-refractivity contribution in [2.75, 3.05) is 20.8 Å². The van der Waals surface area contributed by atoms with E-state index in [1.54, 1.807) is 14.2 Å². The molecule has 0 spiro atoms. The van der Waals surface area contributed by atoms with E-state index in [2.05, 4.69) is 13.8 Å². The Balaban J connectivity index is 0. The summed E-state index contributed by atoms with van der Waals surface area (Å²) in [4.78, 5) is 0. The number of hydrogen-bond acceptors (Lipinski definition) is 2. The first-order chi connectivity index (χ1) is 5.22. The van der Waals surface area contributed by atoms with Crippen molar-refractivity contribution in [2.45, 2.75) is 33.8 Å². The van der Waals surface area contributed by atoms with Crippen LogP contribution in [0.3, 0.4) is 0 Å². The van der Waals surface area contributed by atoms with Gasteiger partial charge in [0.1, 0.15) is 0 Å². The zero-order valence-corrected chi connectivity index (χ0v) is 8.68. The van der Waals surface area contributed by atoms with Crippen molar-refractivity contribution in [3.8, 4) is 0 Å². The van der Waals surface area contributed by atoms with Crippen LogP contribution < -0.4 is 0 Å². The summed E-state index contributed by atoms with van der Waals surface area (Å²) >= 11 is 0. The van der Waals surface area contributed by atoms with Crippen molar-refractivity contribution in [3.05, 3.63) is 0 Å². The molecule has 0 aliphatic rings. The van der Waals surface area contributed by atoms with Gasteiger partial charge in [-0.1, -0.05) is 27.7 Å². The maximum Gasteiger partial charge on any atom is 0.0827 e. The van der Waals surface area contributed by atoms with Gasteiger partial charge in [-0.25, -0.2) is 0 Å². The second-order valence-electron chi connectivity index (χ2n) is 2.47. The van der Waals surface area contributed by atoms with Crippen molar-refractivity contribution in [3.63, 3.8) is 0 Å². The van der Waals surface area contributed by atoms with Crippen LogP contribution in [0, 0.1) is 5.92 Å². The van der Waals surface area contributed by atoms with Gasteiger partial charge >= 0.3 is 0 Å². The zero-order valence-electron chi connectivity index (χ0n) is 8.68. The van der Waals surface area contributed by atoms with Crippen LogP contribution in [0.15, 0.2) is 0 Å². The van der Waals surface area contributed by atoms with Crippen molar-refractivity contribution >= 4 is 0 Å². The van der Waals surface area contributed by atoms with E-state index in [1.165, 1.54) is 0 Å². The molecule has 1 unspecified atom stereocenters. The summed E-state index contributed by atoms with van der Waals surface area (Å²) < 4.78 is 10.1. The monoisotopic (exact) mass is 162 g/mol. The molecule has 0 bridgehead atoms. The van der Waals surface area contributed by atoms with E-state index < -0.39 is 0 Å². The fourth-order valence-electron chi connectivity index (χ4n) is 0.697. The average molecular weight is 162 g/mol. The minimum Gasteiger partial charge on any atom is -0.382 e. The zero-order chi connectivity index (χ0) is 9.28. The summed E-state index contributed by atoms with van der Waals surface area (Å²) in [7, 11) is 3.40. The van der Waals surface area contributed by atoms with Gasteiger partial charge in [0.15, 0.2) is 0 Å². The molecule has 0 N–H and O–H groups in total. The average Bonchev–Trinajstić information content (AvgIpc) is 2.03. The molecular formula is C9H22O2. The summed E-state index contributed by atoms with van der Waals surface area (Å²) in [5.74, 6) is 0.537. The predicted octanol–water partition coefficient (Wildman–Crippen LogP) is 2.33. The Hall–Kier alpha value is -0.0800. The van der Waals surface area contributed by atoms with Gasteiger partial charge in [0.05, 0.1) is 12.7 Å². The molecule has 0 saturated carbocycles. The number of hydrogen-bond donors (Lipinski definition) is 0. The molecule has 0 aromatic rings. The molecule has 0 aliphatic heterocycles. The molecule has 0 fully saturated rings. The molecule has 0 heterocycles. The lowest BCUT2D eigenvalue weighted by Gasteiger charge is -2.17. The van der Waals surface area contributed by atoms with Gasteiger partial charge in [0.2, 0.25) is 0 Å². The van der Waals surface area contributed by atoms with Crippen LogP contribution in [-0.2, 0) is 9.47 Å². The minimum absolute atomic E-state index is 0.245. The Morgan fingerprint density at radius 2 is 1.55 bits per heavy atom. The van der Waals surface area contributed by atoms with Crippen molar-refractivity contribution in [2.24, 2.45) is 5.92 Å². The van der Waals surface area contributed by atoms with Crippen molar-refractivity contribution < 1.29 is 9.47 Å². The van der Waals surface area contributed by atoms with Crippen LogP contribution >= 0.6 is 0 Å². The molecule has 2 heteroatoms. The van der Waals surface area contributed by atoms with Crippen LogP contribution in [-0.4, -0.2) is 26.9 Å². The lowest BCUT2D eigenvalue weighted by atomic mass is 10.1. The molecule has 2 nitrogen and oxygen atoms in total. The predicted molar refractivity (Wildman–Crippen MR) is 48.9 cm³/mol. The first-order valence-electron chi connectivity index (χ1n) is 4.24. The van der Waals surface area contributed by atoms with Gasteiger partial charge in [-0.15, -0.1) is 0 Å². The van der Waals surface area contributed by atoms with E-state index in [0.717, 1.165) is 0 Å². The summed E-state index contributed by atoms with van der Waals surface area (Å²) in [6.45, 7) is 8.93. The standard InChI is InChI=1S/C7H16O2.C2H6/c1-6(2)7(9-4)5-8-3;1-2/h6-7H,5H2,1-4H3;1-2H3. The molecular weight excluding hydrogens is 140 g/mol. The largest absolute Gasteiger partial charge is 0.382 e. The third-order valence-corrected chi connectivity index (χ3v) is 1.38. The quantitative estimate of drug-likeness (QED) is 0.631. The van der Waals surface area contributed by atoms with Gasteiger partial charge in [-0.2, -0.15) is 0 Å². The normalized spacial score (nSPS) is 12.3. The van der Waals surface area contributed by atoms with Crippen LogP contribution in [0.4, 0.5) is 0 Å². The topological polar surface area (TPSA) is 18.5 Å². The smallest absolute Gasteiger partial charge is 0.0827 e. The summed E-state index contributed by atoms with van der Waals surface area (Å²) in [6, 6.07) is 0. The SMILES string of the molecule is CC.COCC(OC)C(C)C. The molecule has 0 aromatic carbocycles. The molecule has 0 aliphatic carbocycles. The van der Waals surface area contributed by atoms with E-state index in [0.29, 0.717) is 12.5 Å². The maximum atomic E-state index is 5.13. The Kier molecular flexibility index (Phi) is 12.2. The van der Waals surface area contributed by atoms with Crippen LogP contribution in [0.1, 0.15) is 27.7 Å². The number of ether oxygens (including phenoxy) is 2. The Labute approximate surface area is 70.9 Å². The number of methoxy groups -OCH3 is 2. The van der Waals surface area contributed by atoms with E-state index >= 15 is 0 Å². The van der Waals surface area contributed by atoms with Gasteiger partial charge < -0.3 is 9.47 Å². The molecule has 0 radical (unpaired) electrons. The molecule has 70 valence electrons. The van der Waals surface area contributed by atoms with Crippen LogP contribution in [0.25, 0.3) is 0 Å². The van der Waals surface area contributed by atoms with E-state index in [-0.39, 0.29) is 6.10 Å². The Bertz CT molecular complexity index is 62.6. The first-order valence-corrected chi connectivity index (χ1v) is 4.24. The van der Waals surface area contributed by atoms with Gasteiger partial charge in [0, 0.05) is 14.2 Å². The summed E-state index contributed by atoms with van der Waals surface area (Å²) in [5.41, 5.74) is 0. The van der Waals surface area contributed by atoms with Crippen molar-refractivity contribution in [1.82, 2.24) is 0 Å². The second-order valence-corrected chi connectivity index (χ2v) is 2.47. The van der Waals surface area contributed by atoms with Crippen molar-refractivity contribution in [1.29, 1.82) is 0 Å². The highest BCUT2D eigenvalue weighted by atomic mass is 16.5. The van der Waals surface area contributed by atoms with E-state index in [1.807, 2.05) is 13.8 Å². The molecule has 0 saturated heterocycles. The highest BCUT2D eigenvalue weighted by Crippen LogP contribution is 2.04. The minimum atomic E-state index is 0.245. The number of rotatable bonds is 4. The highest BCUT2D eigenvalue weighted by molar-refractivity contribution is 4.59. The lowest BCUT2D eigenvalue weighted by Crippen LogP contribution is -2.23. The third kappa shape index (κ3) is 7.82. The Morgan fingerprint density at radius 1 is 1.09 bits per heavy atom. The molecule has 0 rings (SSSR count). The van der Waals surface area contributed by atoms with Crippen LogP contribution in [0.5, 0.6) is 0 Å².